The molecule has 1 saturated heterocycles. The van der Waals surface area contributed by atoms with Gasteiger partial charge in [-0.25, -0.2) is 4.98 Å². The van der Waals surface area contributed by atoms with E-state index in [2.05, 4.69) is 9.97 Å². The Morgan fingerprint density at radius 3 is 2.81 bits per heavy atom. The summed E-state index contributed by atoms with van der Waals surface area (Å²) in [5.74, 6) is 0.501. The Morgan fingerprint density at radius 2 is 2.19 bits per heavy atom. The van der Waals surface area contributed by atoms with Crippen LogP contribution in [-0.4, -0.2) is 33.8 Å². The minimum Gasteiger partial charge on any atom is -0.390 e. The molecule has 88 valence electrons. The van der Waals surface area contributed by atoms with E-state index < -0.39 is 5.60 Å². The lowest BCUT2D eigenvalue weighted by molar-refractivity contribution is 0.0350. The van der Waals surface area contributed by atoms with Gasteiger partial charge in [-0.05, 0) is 19.8 Å². The average molecular weight is 244 g/mol. The van der Waals surface area contributed by atoms with Crippen molar-refractivity contribution in [2.45, 2.75) is 25.4 Å². The number of nitrogens with zero attached hydrogens (tertiary/aromatic N) is 2. The van der Waals surface area contributed by atoms with E-state index in [0.717, 1.165) is 0 Å². The molecule has 0 aliphatic carbocycles. The molecule has 2 rings (SSSR count). The summed E-state index contributed by atoms with van der Waals surface area (Å²) < 4.78 is 0. The lowest BCUT2D eigenvalue weighted by atomic mass is 9.94. The molecule has 2 heterocycles. The number of anilines is 1. The molecule has 5 nitrogen and oxygen atoms in total. The highest BCUT2D eigenvalue weighted by Gasteiger charge is 2.28. The van der Waals surface area contributed by atoms with Crippen molar-refractivity contribution in [1.29, 1.82) is 0 Å². The minimum atomic E-state index is -0.621. The Labute approximate surface area is 98.1 Å². The van der Waals surface area contributed by atoms with Gasteiger partial charge in [0.25, 0.3) is 5.56 Å². The summed E-state index contributed by atoms with van der Waals surface area (Å²) >= 11 is 5.89. The summed E-state index contributed by atoms with van der Waals surface area (Å²) in [7, 11) is 0. The summed E-state index contributed by atoms with van der Waals surface area (Å²) in [5.41, 5.74) is -0.950. The SMILES string of the molecule is CC1(O)CCN(c2nc[nH]c(=O)c2Cl)CC1. The van der Waals surface area contributed by atoms with Gasteiger partial charge in [0.15, 0.2) is 5.82 Å². The molecule has 0 aromatic carbocycles. The fraction of sp³-hybridized carbons (Fsp3) is 0.600. The number of nitrogens with one attached hydrogen (secondary N) is 1. The first-order valence-corrected chi connectivity index (χ1v) is 5.58. The van der Waals surface area contributed by atoms with E-state index in [1.165, 1.54) is 6.33 Å². The van der Waals surface area contributed by atoms with Gasteiger partial charge in [0, 0.05) is 13.1 Å². The van der Waals surface area contributed by atoms with Crippen LogP contribution in [0.5, 0.6) is 0 Å². The van der Waals surface area contributed by atoms with Crippen LogP contribution in [0.1, 0.15) is 19.8 Å². The van der Waals surface area contributed by atoms with Crippen LogP contribution in [0.2, 0.25) is 5.02 Å². The molecular weight excluding hydrogens is 230 g/mol. The molecule has 0 bridgehead atoms. The zero-order chi connectivity index (χ0) is 11.8. The number of halogens is 1. The second kappa shape index (κ2) is 4.07. The standard InChI is InChI=1S/C10H14ClN3O2/c1-10(16)2-4-14(5-3-10)8-7(11)9(15)13-6-12-8/h6,16H,2-5H2,1H3,(H,12,13,15). The quantitative estimate of drug-likeness (QED) is 0.765. The Morgan fingerprint density at radius 1 is 1.56 bits per heavy atom. The molecule has 1 aliphatic rings. The Balaban J connectivity index is 2.21. The van der Waals surface area contributed by atoms with Gasteiger partial charge in [0.05, 0.1) is 11.9 Å². The lowest BCUT2D eigenvalue weighted by Gasteiger charge is -2.36. The first-order chi connectivity index (χ1) is 7.49. The predicted molar refractivity (Wildman–Crippen MR) is 61.9 cm³/mol. The minimum absolute atomic E-state index is 0.115. The molecule has 0 amide bonds. The van der Waals surface area contributed by atoms with Gasteiger partial charge in [-0.15, -0.1) is 0 Å². The largest absolute Gasteiger partial charge is 0.390 e. The molecule has 1 aromatic rings. The topological polar surface area (TPSA) is 69.2 Å². The Hall–Kier alpha value is -1.07. The van der Waals surface area contributed by atoms with Crippen molar-refractivity contribution < 1.29 is 5.11 Å². The van der Waals surface area contributed by atoms with Crippen molar-refractivity contribution in [2.24, 2.45) is 0 Å². The van der Waals surface area contributed by atoms with Gasteiger partial charge < -0.3 is 15.0 Å². The van der Waals surface area contributed by atoms with Crippen molar-refractivity contribution in [2.75, 3.05) is 18.0 Å². The van der Waals surface area contributed by atoms with E-state index in [0.29, 0.717) is 31.7 Å². The van der Waals surface area contributed by atoms with Gasteiger partial charge >= 0.3 is 0 Å². The average Bonchev–Trinajstić information content (AvgIpc) is 2.23. The van der Waals surface area contributed by atoms with Crippen molar-refractivity contribution in [3.8, 4) is 0 Å². The van der Waals surface area contributed by atoms with E-state index in [4.69, 9.17) is 11.6 Å². The predicted octanol–water partition coefficient (Wildman–Crippen LogP) is 0.775. The molecule has 1 aromatic heterocycles. The van der Waals surface area contributed by atoms with Gasteiger partial charge in [-0.3, -0.25) is 4.79 Å². The summed E-state index contributed by atoms with van der Waals surface area (Å²) in [5, 5.41) is 9.93. The molecule has 1 aliphatic heterocycles. The molecule has 6 heteroatoms. The number of H-pyrrole nitrogens is 1. The van der Waals surface area contributed by atoms with Crippen LogP contribution < -0.4 is 10.5 Å². The zero-order valence-corrected chi connectivity index (χ0v) is 9.79. The fourth-order valence-corrected chi connectivity index (χ4v) is 2.02. The summed E-state index contributed by atoms with van der Waals surface area (Å²) in [6.07, 6.45) is 2.64. The second-order valence-corrected chi connectivity index (χ2v) is 4.73. The molecule has 0 spiro atoms. The van der Waals surface area contributed by atoms with Crippen molar-refractivity contribution in [3.05, 3.63) is 21.7 Å². The van der Waals surface area contributed by atoms with Gasteiger partial charge in [0.1, 0.15) is 5.02 Å². The van der Waals surface area contributed by atoms with Gasteiger partial charge in [0.2, 0.25) is 0 Å². The molecule has 0 atom stereocenters. The van der Waals surface area contributed by atoms with Gasteiger partial charge in [-0.2, -0.15) is 0 Å². The Kier molecular flexibility index (Phi) is 2.90. The maximum Gasteiger partial charge on any atom is 0.271 e. The van der Waals surface area contributed by atoms with Crippen molar-refractivity contribution >= 4 is 17.4 Å². The molecule has 2 N–H and O–H groups in total. The van der Waals surface area contributed by atoms with Crippen LogP contribution in [0.15, 0.2) is 11.1 Å². The van der Waals surface area contributed by atoms with Crippen LogP contribution in [0.25, 0.3) is 0 Å². The number of aromatic nitrogens is 2. The second-order valence-electron chi connectivity index (χ2n) is 4.35. The molecule has 0 radical (unpaired) electrons. The van der Waals surface area contributed by atoms with E-state index in [-0.39, 0.29) is 10.6 Å². The maximum atomic E-state index is 11.3. The number of hydrogen-bond acceptors (Lipinski definition) is 4. The summed E-state index contributed by atoms with van der Waals surface area (Å²) in [6.45, 7) is 3.13. The van der Waals surface area contributed by atoms with Crippen LogP contribution in [0.4, 0.5) is 5.82 Å². The Bertz CT molecular complexity index is 434. The van der Waals surface area contributed by atoms with Crippen LogP contribution in [-0.2, 0) is 0 Å². The summed E-state index contributed by atoms with van der Waals surface area (Å²) in [6, 6.07) is 0. The summed E-state index contributed by atoms with van der Waals surface area (Å²) in [4.78, 5) is 19.7. The third-order valence-electron chi connectivity index (χ3n) is 2.92. The van der Waals surface area contributed by atoms with Crippen LogP contribution >= 0.6 is 11.6 Å². The molecule has 16 heavy (non-hydrogen) atoms. The van der Waals surface area contributed by atoms with E-state index >= 15 is 0 Å². The maximum absolute atomic E-state index is 11.3. The highest BCUT2D eigenvalue weighted by molar-refractivity contribution is 6.32. The van der Waals surface area contributed by atoms with E-state index in [9.17, 15) is 9.90 Å². The fourth-order valence-electron chi connectivity index (χ4n) is 1.79. The highest BCUT2D eigenvalue weighted by atomic mass is 35.5. The zero-order valence-electron chi connectivity index (χ0n) is 9.03. The molecule has 1 fully saturated rings. The first-order valence-electron chi connectivity index (χ1n) is 5.20. The number of hydrogen-bond donors (Lipinski definition) is 2. The molecular formula is C10H14ClN3O2. The highest BCUT2D eigenvalue weighted by Crippen LogP contribution is 2.26. The smallest absolute Gasteiger partial charge is 0.271 e. The van der Waals surface area contributed by atoms with E-state index in [1.54, 1.807) is 0 Å². The monoisotopic (exact) mass is 243 g/mol. The number of piperidine rings is 1. The van der Waals surface area contributed by atoms with Gasteiger partial charge in [-0.1, -0.05) is 11.6 Å². The van der Waals surface area contributed by atoms with E-state index in [1.807, 2.05) is 11.8 Å². The van der Waals surface area contributed by atoms with Crippen LogP contribution in [0.3, 0.4) is 0 Å². The number of rotatable bonds is 1. The number of aromatic amines is 1. The first kappa shape index (κ1) is 11.4. The van der Waals surface area contributed by atoms with Crippen LogP contribution in [0, 0.1) is 0 Å². The third kappa shape index (κ3) is 2.20. The number of aliphatic hydroxyl groups is 1. The third-order valence-corrected chi connectivity index (χ3v) is 3.26. The van der Waals surface area contributed by atoms with Crippen molar-refractivity contribution in [3.63, 3.8) is 0 Å². The molecule has 0 unspecified atom stereocenters. The lowest BCUT2D eigenvalue weighted by Crippen LogP contribution is -2.43. The van der Waals surface area contributed by atoms with Crippen molar-refractivity contribution in [1.82, 2.24) is 9.97 Å². The normalized spacial score (nSPS) is 19.8. The molecule has 0 saturated carbocycles.